The summed E-state index contributed by atoms with van der Waals surface area (Å²) in [5, 5.41) is 8.52. The Morgan fingerprint density at radius 1 is 1.10 bits per heavy atom. The van der Waals surface area contributed by atoms with Gasteiger partial charge in [-0.3, -0.25) is 14.7 Å². The van der Waals surface area contributed by atoms with Crippen LogP contribution in [0.4, 0.5) is 11.4 Å². The molecule has 0 saturated heterocycles. The van der Waals surface area contributed by atoms with Crippen LogP contribution < -0.4 is 4.90 Å². The van der Waals surface area contributed by atoms with Crippen LogP contribution in [0.3, 0.4) is 0 Å². The molecule has 1 N–H and O–H groups in total. The van der Waals surface area contributed by atoms with E-state index in [-0.39, 0.29) is 5.91 Å². The Balaban J connectivity index is 0.000000282. The van der Waals surface area contributed by atoms with Crippen molar-refractivity contribution in [2.24, 2.45) is 0 Å². The van der Waals surface area contributed by atoms with Crippen LogP contribution in [0.1, 0.15) is 26.5 Å². The van der Waals surface area contributed by atoms with Crippen LogP contribution in [0, 0.1) is 0 Å². The molecule has 1 aromatic heterocycles. The van der Waals surface area contributed by atoms with E-state index in [2.05, 4.69) is 4.98 Å². The maximum Gasteiger partial charge on any atom is 0.237 e. The van der Waals surface area contributed by atoms with Crippen LogP contribution in [0.15, 0.2) is 48.7 Å². The van der Waals surface area contributed by atoms with Crippen molar-refractivity contribution in [3.63, 3.8) is 0 Å². The zero-order valence-electron chi connectivity index (χ0n) is 12.6. The molecule has 0 aliphatic carbocycles. The molecule has 3 rings (SSSR count). The molecule has 1 aromatic carbocycles. The number of rotatable bonds is 1. The highest BCUT2D eigenvalue weighted by Gasteiger charge is 2.28. The SMILES string of the molecule is CC(C)(C)O.O=C1Cc2ncccc2N1c1ccccc1. The molecule has 0 atom stereocenters. The van der Waals surface area contributed by atoms with Gasteiger partial charge in [0.15, 0.2) is 0 Å². The number of anilines is 2. The molecule has 1 amide bonds. The van der Waals surface area contributed by atoms with Gasteiger partial charge < -0.3 is 5.11 Å². The molecule has 0 fully saturated rings. The van der Waals surface area contributed by atoms with Crippen molar-refractivity contribution in [3.05, 3.63) is 54.4 Å². The molecular weight excluding hydrogens is 264 g/mol. The molecule has 2 heterocycles. The van der Waals surface area contributed by atoms with E-state index in [1.165, 1.54) is 0 Å². The molecule has 0 radical (unpaired) electrons. The highest BCUT2D eigenvalue weighted by molar-refractivity contribution is 6.06. The third-order valence-corrected chi connectivity index (χ3v) is 2.69. The number of benzene rings is 1. The van der Waals surface area contributed by atoms with E-state index < -0.39 is 5.60 Å². The van der Waals surface area contributed by atoms with Crippen LogP contribution >= 0.6 is 0 Å². The molecule has 0 bridgehead atoms. The summed E-state index contributed by atoms with van der Waals surface area (Å²) >= 11 is 0. The summed E-state index contributed by atoms with van der Waals surface area (Å²) in [6, 6.07) is 13.4. The van der Waals surface area contributed by atoms with Crippen molar-refractivity contribution >= 4 is 17.3 Å². The van der Waals surface area contributed by atoms with Crippen molar-refractivity contribution in [2.45, 2.75) is 32.8 Å². The minimum Gasteiger partial charge on any atom is -0.391 e. The first-order valence-electron chi connectivity index (χ1n) is 6.90. The van der Waals surface area contributed by atoms with Gasteiger partial charge in [0.25, 0.3) is 0 Å². The summed E-state index contributed by atoms with van der Waals surface area (Å²) in [6.07, 6.45) is 2.12. The van der Waals surface area contributed by atoms with Crippen molar-refractivity contribution < 1.29 is 9.90 Å². The zero-order chi connectivity index (χ0) is 15.5. The fourth-order valence-corrected chi connectivity index (χ4v) is 1.99. The predicted molar refractivity (Wildman–Crippen MR) is 83.5 cm³/mol. The van der Waals surface area contributed by atoms with Gasteiger partial charge in [-0.05, 0) is 45.0 Å². The Morgan fingerprint density at radius 2 is 1.71 bits per heavy atom. The highest BCUT2D eigenvalue weighted by Crippen LogP contribution is 2.33. The van der Waals surface area contributed by atoms with Crippen molar-refractivity contribution in [1.29, 1.82) is 0 Å². The molecule has 0 spiro atoms. The van der Waals surface area contributed by atoms with Crippen LogP contribution in [0.25, 0.3) is 0 Å². The number of pyridine rings is 1. The molecular formula is C17H20N2O2. The van der Waals surface area contributed by atoms with Crippen molar-refractivity contribution in [3.8, 4) is 0 Å². The third kappa shape index (κ3) is 4.13. The minimum absolute atomic E-state index is 0.0832. The first-order chi connectivity index (χ1) is 9.86. The largest absolute Gasteiger partial charge is 0.391 e. The summed E-state index contributed by atoms with van der Waals surface area (Å²) in [6.45, 7) is 5.23. The molecule has 110 valence electrons. The van der Waals surface area contributed by atoms with Crippen LogP contribution in [-0.4, -0.2) is 21.6 Å². The zero-order valence-corrected chi connectivity index (χ0v) is 12.6. The summed E-state index contributed by atoms with van der Waals surface area (Å²) in [5.74, 6) is 0.0832. The first kappa shape index (κ1) is 15.2. The second-order valence-electron chi connectivity index (χ2n) is 5.88. The molecule has 2 aromatic rings. The lowest BCUT2D eigenvalue weighted by Gasteiger charge is -2.16. The molecule has 4 heteroatoms. The number of fused-ring (bicyclic) bond motifs is 1. The lowest BCUT2D eigenvalue weighted by molar-refractivity contribution is -0.116. The summed E-state index contributed by atoms with van der Waals surface area (Å²) in [5.41, 5.74) is 2.16. The number of aliphatic hydroxyl groups is 1. The monoisotopic (exact) mass is 284 g/mol. The van der Waals surface area contributed by atoms with E-state index >= 15 is 0 Å². The van der Waals surface area contributed by atoms with Gasteiger partial charge in [0, 0.05) is 11.9 Å². The van der Waals surface area contributed by atoms with Crippen LogP contribution in [0.5, 0.6) is 0 Å². The van der Waals surface area contributed by atoms with Gasteiger partial charge in [-0.2, -0.15) is 0 Å². The van der Waals surface area contributed by atoms with Gasteiger partial charge in [0.05, 0.1) is 23.4 Å². The summed E-state index contributed by atoms with van der Waals surface area (Å²) < 4.78 is 0. The van der Waals surface area contributed by atoms with E-state index in [0.29, 0.717) is 6.42 Å². The lowest BCUT2D eigenvalue weighted by Crippen LogP contribution is -2.20. The van der Waals surface area contributed by atoms with Gasteiger partial charge >= 0.3 is 0 Å². The van der Waals surface area contributed by atoms with Crippen molar-refractivity contribution in [2.75, 3.05) is 4.90 Å². The lowest BCUT2D eigenvalue weighted by atomic mass is 10.2. The standard InChI is InChI=1S/C13H10N2O.C4H10O/c16-13-9-11-12(7-4-8-14-11)15(13)10-5-2-1-3-6-10;1-4(2,3)5/h1-8H,9H2;5H,1-3H3. The number of nitrogens with zero attached hydrogens (tertiary/aromatic N) is 2. The van der Waals surface area contributed by atoms with Gasteiger partial charge in [-0.15, -0.1) is 0 Å². The highest BCUT2D eigenvalue weighted by atomic mass is 16.3. The Morgan fingerprint density at radius 3 is 2.33 bits per heavy atom. The topological polar surface area (TPSA) is 53.4 Å². The number of carbonyl (C=O) groups excluding carboxylic acids is 1. The number of para-hydroxylation sites is 1. The maximum atomic E-state index is 11.9. The number of hydrogen-bond acceptors (Lipinski definition) is 3. The van der Waals surface area contributed by atoms with Gasteiger partial charge in [-0.25, -0.2) is 0 Å². The molecule has 1 aliphatic rings. The molecule has 21 heavy (non-hydrogen) atoms. The maximum absolute atomic E-state index is 11.9. The van der Waals surface area contributed by atoms with Crippen molar-refractivity contribution in [1.82, 2.24) is 4.98 Å². The van der Waals surface area contributed by atoms with E-state index in [1.54, 1.807) is 31.9 Å². The van der Waals surface area contributed by atoms with E-state index in [9.17, 15) is 4.79 Å². The Kier molecular flexibility index (Phi) is 4.38. The smallest absolute Gasteiger partial charge is 0.237 e. The average Bonchev–Trinajstić information content (AvgIpc) is 2.73. The summed E-state index contributed by atoms with van der Waals surface area (Å²) in [4.78, 5) is 17.9. The number of hydrogen-bond donors (Lipinski definition) is 1. The van der Waals surface area contributed by atoms with E-state index in [4.69, 9.17) is 5.11 Å². The fourth-order valence-electron chi connectivity index (χ4n) is 1.99. The fraction of sp³-hybridized carbons (Fsp3) is 0.294. The Hall–Kier alpha value is -2.20. The number of carbonyl (C=O) groups is 1. The second-order valence-corrected chi connectivity index (χ2v) is 5.88. The van der Waals surface area contributed by atoms with Gasteiger partial charge in [0.2, 0.25) is 5.91 Å². The third-order valence-electron chi connectivity index (χ3n) is 2.69. The molecule has 0 saturated carbocycles. The van der Waals surface area contributed by atoms with E-state index in [0.717, 1.165) is 17.1 Å². The number of amides is 1. The number of aromatic nitrogens is 1. The summed E-state index contributed by atoms with van der Waals surface area (Å²) in [7, 11) is 0. The second kappa shape index (κ2) is 6.06. The van der Waals surface area contributed by atoms with E-state index in [1.807, 2.05) is 42.5 Å². The van der Waals surface area contributed by atoms with Gasteiger partial charge in [0.1, 0.15) is 0 Å². The van der Waals surface area contributed by atoms with Crippen LogP contribution in [0.2, 0.25) is 0 Å². The first-order valence-corrected chi connectivity index (χ1v) is 6.90. The minimum atomic E-state index is -0.500. The molecule has 4 nitrogen and oxygen atoms in total. The molecule has 0 unspecified atom stereocenters. The average molecular weight is 284 g/mol. The molecule has 1 aliphatic heterocycles. The van der Waals surface area contributed by atoms with Crippen LogP contribution in [-0.2, 0) is 11.2 Å². The quantitative estimate of drug-likeness (QED) is 0.875. The Labute approximate surface area is 125 Å². The Bertz CT molecular complexity index is 612. The normalized spacial score (nSPS) is 13.5. The predicted octanol–water partition coefficient (Wildman–Crippen LogP) is 3.08. The van der Waals surface area contributed by atoms with Gasteiger partial charge in [-0.1, -0.05) is 18.2 Å².